The molecule has 3 rings (SSSR count). The van der Waals surface area contributed by atoms with Crippen molar-refractivity contribution in [3.05, 3.63) is 76.2 Å². The molecule has 30 heavy (non-hydrogen) atoms. The fourth-order valence-electron chi connectivity index (χ4n) is 3.02. The lowest BCUT2D eigenvalue weighted by atomic mass is 10.0. The number of carboxylic acid groups (broad SMARTS) is 1. The van der Waals surface area contributed by atoms with Gasteiger partial charge in [0, 0.05) is 17.0 Å². The molecule has 0 saturated heterocycles. The summed E-state index contributed by atoms with van der Waals surface area (Å²) in [7, 11) is 1.56. The number of rotatable bonds is 7. The van der Waals surface area contributed by atoms with Crippen molar-refractivity contribution in [1.29, 1.82) is 0 Å². The summed E-state index contributed by atoms with van der Waals surface area (Å²) in [6.07, 6.45) is 0.0757. The van der Waals surface area contributed by atoms with Crippen molar-refractivity contribution < 1.29 is 23.8 Å². The predicted octanol–water partition coefficient (Wildman–Crippen LogP) is 5.63. The molecule has 3 aromatic rings. The number of ether oxygens (including phenoxy) is 2. The molecule has 156 valence electrons. The summed E-state index contributed by atoms with van der Waals surface area (Å²) in [5, 5.41) is 9.81. The van der Waals surface area contributed by atoms with Crippen molar-refractivity contribution >= 4 is 17.6 Å². The SMILES string of the molecule is COc1ccc(OC(C)C)c(-c2ccc(C(=O)O)c(Cc3ccc(F)cc3Cl)n2)c1. The van der Waals surface area contributed by atoms with Crippen LogP contribution in [-0.2, 0) is 6.42 Å². The van der Waals surface area contributed by atoms with E-state index in [1.54, 1.807) is 31.4 Å². The monoisotopic (exact) mass is 429 g/mol. The average molecular weight is 430 g/mol. The van der Waals surface area contributed by atoms with E-state index in [1.165, 1.54) is 24.3 Å². The van der Waals surface area contributed by atoms with Crippen molar-refractivity contribution in [2.75, 3.05) is 7.11 Å². The Hall–Kier alpha value is -3.12. The first-order valence-electron chi connectivity index (χ1n) is 9.30. The second-order valence-corrected chi connectivity index (χ2v) is 7.34. The summed E-state index contributed by atoms with van der Waals surface area (Å²) < 4.78 is 24.6. The Bertz CT molecular complexity index is 1080. The third-order valence-corrected chi connectivity index (χ3v) is 4.75. The zero-order chi connectivity index (χ0) is 21.8. The number of benzene rings is 2. The molecular formula is C23H21ClFNO4. The van der Waals surface area contributed by atoms with Gasteiger partial charge in [-0.3, -0.25) is 4.98 Å². The van der Waals surface area contributed by atoms with Gasteiger partial charge in [0.15, 0.2) is 0 Å². The van der Waals surface area contributed by atoms with E-state index in [0.29, 0.717) is 34.0 Å². The molecule has 7 heteroatoms. The minimum Gasteiger partial charge on any atom is -0.497 e. The van der Waals surface area contributed by atoms with Crippen LogP contribution in [0.15, 0.2) is 48.5 Å². The molecule has 0 atom stereocenters. The Morgan fingerprint density at radius 3 is 2.57 bits per heavy atom. The third kappa shape index (κ3) is 4.89. The molecule has 0 aliphatic carbocycles. The first-order valence-corrected chi connectivity index (χ1v) is 9.68. The highest BCUT2D eigenvalue weighted by Gasteiger charge is 2.18. The molecule has 0 bridgehead atoms. The van der Waals surface area contributed by atoms with Gasteiger partial charge in [0.2, 0.25) is 0 Å². The maximum Gasteiger partial charge on any atom is 0.337 e. The highest BCUT2D eigenvalue weighted by Crippen LogP contribution is 2.34. The van der Waals surface area contributed by atoms with Crippen LogP contribution in [0.3, 0.4) is 0 Å². The maximum atomic E-state index is 13.4. The van der Waals surface area contributed by atoms with Crippen LogP contribution in [-0.4, -0.2) is 29.3 Å². The first kappa shape index (κ1) is 21.6. The second kappa shape index (κ2) is 9.13. The Balaban J connectivity index is 2.11. The summed E-state index contributed by atoms with van der Waals surface area (Å²) >= 11 is 6.14. The molecule has 0 unspecified atom stereocenters. The number of pyridine rings is 1. The fourth-order valence-corrected chi connectivity index (χ4v) is 3.25. The Labute approximate surface area is 179 Å². The van der Waals surface area contributed by atoms with Crippen molar-refractivity contribution in [3.63, 3.8) is 0 Å². The van der Waals surface area contributed by atoms with Gasteiger partial charge in [-0.1, -0.05) is 17.7 Å². The lowest BCUT2D eigenvalue weighted by Crippen LogP contribution is -2.09. The topological polar surface area (TPSA) is 68.7 Å². The van der Waals surface area contributed by atoms with Gasteiger partial charge in [-0.15, -0.1) is 0 Å². The normalized spacial score (nSPS) is 10.9. The average Bonchev–Trinajstić information content (AvgIpc) is 2.69. The summed E-state index contributed by atoms with van der Waals surface area (Å²) in [6, 6.07) is 12.5. The highest BCUT2D eigenvalue weighted by molar-refractivity contribution is 6.31. The van der Waals surface area contributed by atoms with Crippen LogP contribution in [0.5, 0.6) is 11.5 Å². The molecular weight excluding hydrogens is 409 g/mol. The minimum atomic E-state index is -1.11. The van der Waals surface area contributed by atoms with Crippen LogP contribution in [0.2, 0.25) is 5.02 Å². The number of methoxy groups -OCH3 is 1. The minimum absolute atomic E-state index is 0.0494. The second-order valence-electron chi connectivity index (χ2n) is 6.94. The molecule has 5 nitrogen and oxygen atoms in total. The molecule has 1 aromatic heterocycles. The Kier molecular flexibility index (Phi) is 6.57. The van der Waals surface area contributed by atoms with E-state index < -0.39 is 11.8 Å². The third-order valence-electron chi connectivity index (χ3n) is 4.40. The van der Waals surface area contributed by atoms with Crippen LogP contribution < -0.4 is 9.47 Å². The van der Waals surface area contributed by atoms with Gasteiger partial charge in [-0.2, -0.15) is 0 Å². The maximum absolute atomic E-state index is 13.4. The van der Waals surface area contributed by atoms with Gasteiger partial charge in [-0.05, 0) is 61.9 Å². The van der Waals surface area contributed by atoms with Gasteiger partial charge in [-0.25, -0.2) is 9.18 Å². The van der Waals surface area contributed by atoms with Crippen LogP contribution in [0.25, 0.3) is 11.3 Å². The van der Waals surface area contributed by atoms with E-state index in [9.17, 15) is 14.3 Å². The van der Waals surface area contributed by atoms with Gasteiger partial charge < -0.3 is 14.6 Å². The molecule has 0 fully saturated rings. The quantitative estimate of drug-likeness (QED) is 0.527. The first-order chi connectivity index (χ1) is 14.3. The molecule has 1 N–H and O–H groups in total. The van der Waals surface area contributed by atoms with E-state index in [1.807, 2.05) is 13.8 Å². The molecule has 0 amide bonds. The number of aromatic nitrogens is 1. The Morgan fingerprint density at radius 1 is 1.17 bits per heavy atom. The van der Waals surface area contributed by atoms with Crippen LogP contribution >= 0.6 is 11.6 Å². The van der Waals surface area contributed by atoms with Crippen LogP contribution in [0, 0.1) is 5.82 Å². The smallest absolute Gasteiger partial charge is 0.337 e. The zero-order valence-corrected chi connectivity index (χ0v) is 17.5. The summed E-state index contributed by atoms with van der Waals surface area (Å²) in [5.74, 6) is -0.345. The van der Waals surface area contributed by atoms with Gasteiger partial charge in [0.1, 0.15) is 17.3 Å². The standard InChI is InChI=1S/C23H21ClFNO4/c1-13(2)30-22-9-6-16(29-3)12-18(22)20-8-7-17(23(27)28)21(26-20)10-14-4-5-15(25)11-19(14)24/h4-9,11-13H,10H2,1-3H3,(H,27,28). The lowest BCUT2D eigenvalue weighted by Gasteiger charge is -2.16. The molecule has 1 heterocycles. The van der Waals surface area contributed by atoms with E-state index in [2.05, 4.69) is 4.98 Å². The number of carboxylic acids is 1. The summed E-state index contributed by atoms with van der Waals surface area (Å²) in [6.45, 7) is 3.83. The predicted molar refractivity (Wildman–Crippen MR) is 113 cm³/mol. The van der Waals surface area contributed by atoms with Gasteiger partial charge in [0.25, 0.3) is 0 Å². The molecule has 0 aliphatic heterocycles. The summed E-state index contributed by atoms with van der Waals surface area (Å²) in [4.78, 5) is 16.3. The highest BCUT2D eigenvalue weighted by atomic mass is 35.5. The van der Waals surface area contributed by atoms with Crippen molar-refractivity contribution in [2.45, 2.75) is 26.4 Å². The fraction of sp³-hybridized carbons (Fsp3) is 0.217. The lowest BCUT2D eigenvalue weighted by molar-refractivity contribution is 0.0695. The Morgan fingerprint density at radius 2 is 1.93 bits per heavy atom. The largest absolute Gasteiger partial charge is 0.497 e. The number of halogens is 2. The zero-order valence-electron chi connectivity index (χ0n) is 16.8. The van der Waals surface area contributed by atoms with Crippen molar-refractivity contribution in [3.8, 4) is 22.8 Å². The molecule has 0 saturated carbocycles. The summed E-state index contributed by atoms with van der Waals surface area (Å²) in [5.41, 5.74) is 2.14. The number of carbonyl (C=O) groups is 1. The molecule has 2 aromatic carbocycles. The van der Waals surface area contributed by atoms with Crippen molar-refractivity contribution in [1.82, 2.24) is 4.98 Å². The number of hydrogen-bond acceptors (Lipinski definition) is 4. The van der Waals surface area contributed by atoms with Gasteiger partial charge >= 0.3 is 5.97 Å². The van der Waals surface area contributed by atoms with E-state index in [0.717, 1.165) is 0 Å². The molecule has 0 radical (unpaired) electrons. The van der Waals surface area contributed by atoms with E-state index in [4.69, 9.17) is 21.1 Å². The van der Waals surface area contributed by atoms with Crippen LogP contribution in [0.4, 0.5) is 4.39 Å². The van der Waals surface area contributed by atoms with Crippen LogP contribution in [0.1, 0.15) is 35.5 Å². The van der Waals surface area contributed by atoms with E-state index >= 15 is 0 Å². The number of nitrogens with zero attached hydrogens (tertiary/aromatic N) is 1. The van der Waals surface area contributed by atoms with E-state index in [-0.39, 0.29) is 23.1 Å². The van der Waals surface area contributed by atoms with Crippen molar-refractivity contribution in [2.24, 2.45) is 0 Å². The van der Waals surface area contributed by atoms with Gasteiger partial charge in [0.05, 0.1) is 30.2 Å². The number of aromatic carboxylic acids is 1. The molecule has 0 aliphatic rings. The molecule has 0 spiro atoms. The number of hydrogen-bond donors (Lipinski definition) is 1.